The van der Waals surface area contributed by atoms with Crippen LogP contribution in [0.1, 0.15) is 28.3 Å². The monoisotopic (exact) mass is 514 g/mol. The van der Waals surface area contributed by atoms with E-state index in [1.165, 1.54) is 7.11 Å². The number of rotatable bonds is 9. The Balaban J connectivity index is 1.69. The van der Waals surface area contributed by atoms with Gasteiger partial charge in [0.1, 0.15) is 12.3 Å². The molecule has 0 radical (unpaired) electrons. The molecule has 7 heteroatoms. The number of methoxy groups -OCH3 is 1. The molecule has 0 aliphatic heterocycles. The first-order chi connectivity index (χ1) is 17.8. The fourth-order valence-electron chi connectivity index (χ4n) is 4.09. The van der Waals surface area contributed by atoms with Gasteiger partial charge < -0.3 is 10.1 Å². The zero-order valence-electron chi connectivity index (χ0n) is 21.1. The fourth-order valence-corrected chi connectivity index (χ4v) is 5.51. The van der Waals surface area contributed by atoms with E-state index in [-0.39, 0.29) is 4.90 Å². The van der Waals surface area contributed by atoms with Crippen LogP contribution >= 0.6 is 0 Å². The molecule has 4 aromatic carbocycles. The van der Waals surface area contributed by atoms with Crippen LogP contribution in [0, 0.1) is 13.8 Å². The number of nitrogens with one attached hydrogen (secondary N) is 1. The predicted octanol–water partition coefficient (Wildman–Crippen LogP) is 5.41. The minimum absolute atomic E-state index is 0.111. The van der Waals surface area contributed by atoms with E-state index in [0.717, 1.165) is 26.6 Å². The Morgan fingerprint density at radius 1 is 0.811 bits per heavy atom. The van der Waals surface area contributed by atoms with Crippen molar-refractivity contribution in [2.24, 2.45) is 0 Å². The molecule has 4 aromatic rings. The van der Waals surface area contributed by atoms with Crippen LogP contribution in [0.15, 0.2) is 108 Å². The molecule has 0 bridgehead atoms. The van der Waals surface area contributed by atoms with Crippen molar-refractivity contribution in [3.8, 4) is 5.75 Å². The summed E-state index contributed by atoms with van der Waals surface area (Å²) in [4.78, 5) is 13.6. The Bertz CT molecular complexity index is 1450. The Morgan fingerprint density at radius 3 is 2.08 bits per heavy atom. The van der Waals surface area contributed by atoms with Crippen molar-refractivity contribution in [3.63, 3.8) is 0 Å². The number of carbonyl (C=O) groups is 1. The maximum Gasteiger partial charge on any atom is 0.264 e. The van der Waals surface area contributed by atoms with Crippen molar-refractivity contribution in [1.82, 2.24) is 5.32 Å². The quantitative estimate of drug-likeness (QED) is 0.324. The predicted molar refractivity (Wildman–Crippen MR) is 146 cm³/mol. The van der Waals surface area contributed by atoms with E-state index in [9.17, 15) is 13.2 Å². The molecule has 1 amide bonds. The lowest BCUT2D eigenvalue weighted by Crippen LogP contribution is -2.42. The third-order valence-electron chi connectivity index (χ3n) is 6.07. The summed E-state index contributed by atoms with van der Waals surface area (Å²) >= 11 is 0. The third kappa shape index (κ3) is 6.19. The minimum atomic E-state index is -4.03. The first-order valence-electron chi connectivity index (χ1n) is 11.9. The lowest BCUT2D eigenvalue weighted by atomic mass is 9.97. The Morgan fingerprint density at radius 2 is 1.46 bits per heavy atom. The lowest BCUT2D eigenvalue weighted by molar-refractivity contribution is -0.120. The van der Waals surface area contributed by atoms with Crippen LogP contribution in [0.2, 0.25) is 0 Å². The molecular weight excluding hydrogens is 484 g/mol. The number of aryl methyl sites for hydroxylation is 2. The number of hydrogen-bond acceptors (Lipinski definition) is 4. The highest BCUT2D eigenvalue weighted by molar-refractivity contribution is 7.92. The summed E-state index contributed by atoms with van der Waals surface area (Å²) < 4.78 is 33.8. The molecule has 1 N–H and O–H groups in total. The Kier molecular flexibility index (Phi) is 7.94. The van der Waals surface area contributed by atoms with Crippen molar-refractivity contribution >= 4 is 21.6 Å². The molecule has 4 rings (SSSR count). The number of hydrogen-bond donors (Lipinski definition) is 1. The van der Waals surface area contributed by atoms with Crippen molar-refractivity contribution in [2.75, 3.05) is 18.0 Å². The van der Waals surface area contributed by atoms with Gasteiger partial charge in [-0.05, 0) is 61.4 Å². The van der Waals surface area contributed by atoms with Crippen LogP contribution in [0.5, 0.6) is 5.75 Å². The molecule has 0 aliphatic carbocycles. The number of sulfonamides is 1. The molecule has 0 fully saturated rings. The molecule has 6 nitrogen and oxygen atoms in total. The summed E-state index contributed by atoms with van der Waals surface area (Å²) in [6.07, 6.45) is 0. The maximum atomic E-state index is 13.7. The number of amides is 1. The molecular formula is C30H30N2O4S. The molecule has 1 unspecified atom stereocenters. The van der Waals surface area contributed by atoms with Gasteiger partial charge in [-0.15, -0.1) is 0 Å². The second-order valence-electron chi connectivity index (χ2n) is 8.85. The van der Waals surface area contributed by atoms with E-state index < -0.39 is 28.5 Å². The highest BCUT2D eigenvalue weighted by atomic mass is 32.2. The number of anilines is 1. The largest absolute Gasteiger partial charge is 0.497 e. The fraction of sp³-hybridized carbons (Fsp3) is 0.167. The molecule has 0 saturated heterocycles. The molecule has 190 valence electrons. The van der Waals surface area contributed by atoms with Gasteiger partial charge in [-0.25, -0.2) is 8.42 Å². The van der Waals surface area contributed by atoms with Crippen LogP contribution in [-0.4, -0.2) is 28.0 Å². The van der Waals surface area contributed by atoms with E-state index in [0.29, 0.717) is 11.4 Å². The zero-order valence-corrected chi connectivity index (χ0v) is 21.9. The normalized spacial score (nSPS) is 12.0. The average molecular weight is 515 g/mol. The van der Waals surface area contributed by atoms with Gasteiger partial charge in [0, 0.05) is 0 Å². The van der Waals surface area contributed by atoms with E-state index in [2.05, 4.69) is 5.32 Å². The number of carbonyl (C=O) groups excluding carboxylic acids is 1. The second kappa shape index (κ2) is 11.3. The van der Waals surface area contributed by atoms with E-state index in [1.807, 2.05) is 68.4 Å². The van der Waals surface area contributed by atoms with Gasteiger partial charge in [-0.1, -0.05) is 77.9 Å². The second-order valence-corrected chi connectivity index (χ2v) is 10.7. The number of nitrogens with zero attached hydrogens (tertiary/aromatic N) is 1. The zero-order chi connectivity index (χ0) is 26.4. The summed E-state index contributed by atoms with van der Waals surface area (Å²) in [7, 11) is -2.49. The molecule has 0 saturated carbocycles. The smallest absolute Gasteiger partial charge is 0.264 e. The van der Waals surface area contributed by atoms with Gasteiger partial charge in [-0.2, -0.15) is 0 Å². The lowest BCUT2D eigenvalue weighted by Gasteiger charge is -2.26. The summed E-state index contributed by atoms with van der Waals surface area (Å²) in [6.45, 7) is 3.49. The van der Waals surface area contributed by atoms with Crippen molar-refractivity contribution in [2.45, 2.75) is 24.8 Å². The first kappa shape index (κ1) is 26.0. The van der Waals surface area contributed by atoms with Crippen molar-refractivity contribution < 1.29 is 17.9 Å². The van der Waals surface area contributed by atoms with E-state index in [4.69, 9.17) is 4.74 Å². The van der Waals surface area contributed by atoms with Crippen LogP contribution in [0.4, 0.5) is 5.69 Å². The number of benzene rings is 4. The van der Waals surface area contributed by atoms with Gasteiger partial charge in [0.2, 0.25) is 5.91 Å². The van der Waals surface area contributed by atoms with Gasteiger partial charge in [0.15, 0.2) is 0 Å². The SMILES string of the molecule is COc1ccc(N(CC(=O)NC(c2ccccc2)c2cccc(C)c2)S(=O)(=O)c2ccc(C)cc2)cc1. The maximum absolute atomic E-state index is 13.7. The molecule has 0 heterocycles. The highest BCUT2D eigenvalue weighted by Crippen LogP contribution is 2.27. The Labute approximate surface area is 218 Å². The average Bonchev–Trinajstić information content (AvgIpc) is 2.91. The van der Waals surface area contributed by atoms with E-state index >= 15 is 0 Å². The first-order valence-corrected chi connectivity index (χ1v) is 13.4. The molecule has 37 heavy (non-hydrogen) atoms. The third-order valence-corrected chi connectivity index (χ3v) is 7.86. The summed E-state index contributed by atoms with van der Waals surface area (Å²) in [6, 6.07) is 30.3. The van der Waals surface area contributed by atoms with Crippen LogP contribution in [0.25, 0.3) is 0 Å². The summed E-state index contributed by atoms with van der Waals surface area (Å²) in [5, 5.41) is 3.06. The van der Waals surface area contributed by atoms with Crippen LogP contribution < -0.4 is 14.4 Å². The van der Waals surface area contributed by atoms with Crippen molar-refractivity contribution in [3.05, 3.63) is 125 Å². The standard InChI is InChI=1S/C30H30N2O4S/c1-22-12-18-28(19-13-22)37(34,35)32(26-14-16-27(36-3)17-15-26)21-29(33)31-30(24-9-5-4-6-10-24)25-11-7-8-23(2)20-25/h4-20,30H,21H2,1-3H3,(H,31,33). The van der Waals surface area contributed by atoms with Gasteiger partial charge in [0.05, 0.1) is 23.7 Å². The van der Waals surface area contributed by atoms with Gasteiger partial charge in [-0.3, -0.25) is 9.10 Å². The highest BCUT2D eigenvalue weighted by Gasteiger charge is 2.28. The van der Waals surface area contributed by atoms with Crippen LogP contribution in [-0.2, 0) is 14.8 Å². The summed E-state index contributed by atoms with van der Waals surface area (Å²) in [5.74, 6) is 0.159. The van der Waals surface area contributed by atoms with Crippen LogP contribution in [0.3, 0.4) is 0 Å². The summed E-state index contributed by atoms with van der Waals surface area (Å²) in [5.41, 5.74) is 4.19. The number of ether oxygens (including phenoxy) is 1. The Hall–Kier alpha value is -4.10. The topological polar surface area (TPSA) is 75.7 Å². The molecule has 0 aromatic heterocycles. The van der Waals surface area contributed by atoms with Gasteiger partial charge in [0.25, 0.3) is 10.0 Å². The van der Waals surface area contributed by atoms with Gasteiger partial charge >= 0.3 is 0 Å². The van der Waals surface area contributed by atoms with Crippen molar-refractivity contribution in [1.29, 1.82) is 0 Å². The minimum Gasteiger partial charge on any atom is -0.497 e. The molecule has 0 aliphatic rings. The molecule has 0 spiro atoms. The molecule has 1 atom stereocenters. The van der Waals surface area contributed by atoms with E-state index in [1.54, 1.807) is 48.5 Å².